The van der Waals surface area contributed by atoms with Gasteiger partial charge in [0.15, 0.2) is 12.4 Å². The van der Waals surface area contributed by atoms with Crippen LogP contribution in [-0.4, -0.2) is 89.0 Å². The maximum atomic E-state index is 12.7. The molecular weight excluding hydrogens is 688 g/mol. The molecule has 316 valence electrons. The summed E-state index contributed by atoms with van der Waals surface area (Å²) in [5.74, 6) is -0.832. The van der Waals surface area contributed by atoms with E-state index in [2.05, 4.69) is 38.2 Å². The highest BCUT2D eigenvalue weighted by atomic mass is 16.7. The van der Waals surface area contributed by atoms with Gasteiger partial charge in [-0.3, -0.25) is 9.59 Å². The molecule has 0 spiro atoms. The standard InChI is InChI=1S/C44H80O10/c1-3-5-7-9-11-13-15-17-19-21-22-24-26-28-30-32-39(46)51-35-37(36-52-44-43(50)42(49)41(48)38(34-45)54-44)53-40(47)33-31-29-27-25-23-20-18-16-14-12-10-8-6-4-2/h16,18,21-22,37-38,41-45,48-50H,3-15,17,19-20,23-36H2,1-2H3/b18-16+,22-21+/t37-,38-,41+,42?,43?,44-/m0/s1. The number of ether oxygens (including phenoxy) is 4. The summed E-state index contributed by atoms with van der Waals surface area (Å²) in [6.45, 7) is 3.39. The summed E-state index contributed by atoms with van der Waals surface area (Å²) in [4.78, 5) is 25.3. The number of aliphatic hydroxyl groups excluding tert-OH is 4. The van der Waals surface area contributed by atoms with Crippen molar-refractivity contribution in [2.24, 2.45) is 0 Å². The number of allylic oxidation sites excluding steroid dienone is 4. The molecule has 0 amide bonds. The van der Waals surface area contributed by atoms with Gasteiger partial charge in [-0.15, -0.1) is 0 Å². The Morgan fingerprint density at radius 3 is 1.46 bits per heavy atom. The lowest BCUT2D eigenvalue weighted by atomic mass is 9.99. The molecule has 0 bridgehead atoms. The molecule has 0 radical (unpaired) electrons. The summed E-state index contributed by atoms with van der Waals surface area (Å²) in [6, 6.07) is 0. The number of unbranched alkanes of at least 4 members (excludes halogenated alkanes) is 21. The van der Waals surface area contributed by atoms with Crippen LogP contribution < -0.4 is 0 Å². The molecule has 6 atom stereocenters. The second kappa shape index (κ2) is 35.6. The molecule has 1 aliphatic heterocycles. The zero-order chi connectivity index (χ0) is 39.5. The second-order valence-corrected chi connectivity index (χ2v) is 15.1. The number of carbonyl (C=O) groups is 2. The Hall–Kier alpha value is -1.82. The smallest absolute Gasteiger partial charge is 0.306 e. The molecule has 0 aromatic rings. The van der Waals surface area contributed by atoms with Crippen molar-refractivity contribution >= 4 is 11.9 Å². The Morgan fingerprint density at radius 2 is 0.981 bits per heavy atom. The van der Waals surface area contributed by atoms with Crippen molar-refractivity contribution in [3.8, 4) is 0 Å². The van der Waals surface area contributed by atoms with E-state index in [1.165, 1.54) is 83.5 Å². The molecule has 10 nitrogen and oxygen atoms in total. The van der Waals surface area contributed by atoms with Gasteiger partial charge in [-0.1, -0.05) is 134 Å². The molecule has 0 aliphatic carbocycles. The number of aliphatic hydroxyl groups is 4. The van der Waals surface area contributed by atoms with Crippen LogP contribution in [0.25, 0.3) is 0 Å². The molecule has 2 unspecified atom stereocenters. The van der Waals surface area contributed by atoms with Crippen LogP contribution in [0.5, 0.6) is 0 Å². The van der Waals surface area contributed by atoms with E-state index in [0.717, 1.165) is 64.2 Å². The third-order valence-corrected chi connectivity index (χ3v) is 10.1. The fourth-order valence-electron chi connectivity index (χ4n) is 6.53. The van der Waals surface area contributed by atoms with Gasteiger partial charge in [0.05, 0.1) is 13.2 Å². The van der Waals surface area contributed by atoms with Crippen LogP contribution in [0.4, 0.5) is 0 Å². The molecule has 4 N–H and O–H groups in total. The van der Waals surface area contributed by atoms with Gasteiger partial charge in [0, 0.05) is 12.8 Å². The minimum absolute atomic E-state index is 0.218. The fourth-order valence-corrected chi connectivity index (χ4v) is 6.53. The number of hydrogen-bond donors (Lipinski definition) is 4. The minimum atomic E-state index is -1.60. The van der Waals surface area contributed by atoms with Crippen LogP contribution in [0.15, 0.2) is 24.3 Å². The van der Waals surface area contributed by atoms with E-state index in [1.54, 1.807) is 0 Å². The normalized spacial score (nSPS) is 20.9. The van der Waals surface area contributed by atoms with E-state index in [0.29, 0.717) is 12.8 Å². The maximum Gasteiger partial charge on any atom is 0.306 e. The van der Waals surface area contributed by atoms with E-state index in [1.807, 2.05) is 0 Å². The lowest BCUT2D eigenvalue weighted by Crippen LogP contribution is -2.59. The highest BCUT2D eigenvalue weighted by molar-refractivity contribution is 5.70. The first kappa shape index (κ1) is 50.2. The first-order chi connectivity index (χ1) is 26.3. The summed E-state index contributed by atoms with van der Waals surface area (Å²) in [6.07, 6.45) is 30.4. The molecule has 1 heterocycles. The SMILES string of the molecule is CCCCCCC/C=C/CCCCCCCC(=O)O[C@@H](COC(=O)CCCCC/C=C/CCCCCCCCCC)CO[C@H]1O[C@@H](CO)[C@@H](O)C(O)C1O. The van der Waals surface area contributed by atoms with Gasteiger partial charge >= 0.3 is 11.9 Å². The van der Waals surface area contributed by atoms with Crippen molar-refractivity contribution in [3.05, 3.63) is 24.3 Å². The van der Waals surface area contributed by atoms with Gasteiger partial charge in [-0.25, -0.2) is 0 Å². The van der Waals surface area contributed by atoms with Crippen molar-refractivity contribution in [2.75, 3.05) is 19.8 Å². The van der Waals surface area contributed by atoms with Crippen molar-refractivity contribution in [2.45, 2.75) is 224 Å². The molecule has 1 rings (SSSR count). The maximum absolute atomic E-state index is 12.7. The van der Waals surface area contributed by atoms with E-state index >= 15 is 0 Å². The number of esters is 2. The third-order valence-electron chi connectivity index (χ3n) is 10.1. The molecule has 1 aliphatic rings. The zero-order valence-electron chi connectivity index (χ0n) is 34.2. The van der Waals surface area contributed by atoms with E-state index in [9.17, 15) is 30.0 Å². The van der Waals surface area contributed by atoms with Gasteiger partial charge in [-0.2, -0.15) is 0 Å². The molecule has 0 aromatic carbocycles. The Balaban J connectivity index is 2.36. The second-order valence-electron chi connectivity index (χ2n) is 15.1. The lowest BCUT2D eigenvalue weighted by molar-refractivity contribution is -0.305. The summed E-state index contributed by atoms with van der Waals surface area (Å²) < 4.78 is 22.1. The first-order valence-electron chi connectivity index (χ1n) is 21.9. The third kappa shape index (κ3) is 26.9. The van der Waals surface area contributed by atoms with E-state index in [4.69, 9.17) is 18.9 Å². The van der Waals surface area contributed by atoms with Crippen molar-refractivity contribution in [3.63, 3.8) is 0 Å². The Kier molecular flexibility index (Phi) is 33.1. The van der Waals surface area contributed by atoms with Crippen molar-refractivity contribution in [1.29, 1.82) is 0 Å². The van der Waals surface area contributed by atoms with Gasteiger partial charge < -0.3 is 39.4 Å². The molecule has 0 saturated carbocycles. The molecule has 10 heteroatoms. The average molecular weight is 769 g/mol. The highest BCUT2D eigenvalue weighted by Crippen LogP contribution is 2.22. The van der Waals surface area contributed by atoms with Crippen molar-refractivity contribution < 1.29 is 49.0 Å². The monoisotopic (exact) mass is 769 g/mol. The van der Waals surface area contributed by atoms with Gasteiger partial charge in [0.25, 0.3) is 0 Å². The van der Waals surface area contributed by atoms with Crippen molar-refractivity contribution in [1.82, 2.24) is 0 Å². The van der Waals surface area contributed by atoms with Crippen LogP contribution in [0, 0.1) is 0 Å². The summed E-state index contributed by atoms with van der Waals surface area (Å²) >= 11 is 0. The van der Waals surface area contributed by atoms with Gasteiger partial charge in [-0.05, 0) is 64.2 Å². The Bertz CT molecular complexity index is 938. The minimum Gasteiger partial charge on any atom is -0.462 e. The van der Waals surface area contributed by atoms with E-state index in [-0.39, 0.29) is 26.1 Å². The van der Waals surface area contributed by atoms with Crippen LogP contribution in [-0.2, 0) is 28.5 Å². The zero-order valence-corrected chi connectivity index (χ0v) is 34.2. The topological polar surface area (TPSA) is 152 Å². The summed E-state index contributed by atoms with van der Waals surface area (Å²) in [7, 11) is 0. The van der Waals surface area contributed by atoms with Gasteiger partial charge in [0.2, 0.25) is 0 Å². The fraction of sp³-hybridized carbons (Fsp3) is 0.864. The van der Waals surface area contributed by atoms with E-state index < -0.39 is 55.4 Å². The predicted octanol–water partition coefficient (Wildman–Crippen LogP) is 8.94. The quantitative estimate of drug-likeness (QED) is 0.0276. The number of rotatable bonds is 36. The van der Waals surface area contributed by atoms with Crippen LogP contribution in [0.2, 0.25) is 0 Å². The molecule has 54 heavy (non-hydrogen) atoms. The molecule has 1 saturated heterocycles. The first-order valence-corrected chi connectivity index (χ1v) is 21.9. The summed E-state index contributed by atoms with van der Waals surface area (Å²) in [5, 5.41) is 40.0. The predicted molar refractivity (Wildman–Crippen MR) is 215 cm³/mol. The number of carbonyl (C=O) groups excluding carboxylic acids is 2. The van der Waals surface area contributed by atoms with Gasteiger partial charge in [0.1, 0.15) is 31.0 Å². The number of hydrogen-bond acceptors (Lipinski definition) is 10. The largest absolute Gasteiger partial charge is 0.462 e. The highest BCUT2D eigenvalue weighted by Gasteiger charge is 2.44. The molecule has 1 fully saturated rings. The van der Waals surface area contributed by atoms with Crippen LogP contribution in [0.1, 0.15) is 187 Å². The average Bonchev–Trinajstić information content (AvgIpc) is 3.17. The Morgan fingerprint density at radius 1 is 0.556 bits per heavy atom. The Labute approximate surface area is 328 Å². The van der Waals surface area contributed by atoms with Crippen LogP contribution >= 0.6 is 0 Å². The molecular formula is C44H80O10. The summed E-state index contributed by atoms with van der Waals surface area (Å²) in [5.41, 5.74) is 0. The lowest BCUT2D eigenvalue weighted by Gasteiger charge is -2.39. The van der Waals surface area contributed by atoms with Crippen LogP contribution in [0.3, 0.4) is 0 Å². The molecule has 0 aromatic heterocycles.